The van der Waals surface area contributed by atoms with Crippen LogP contribution in [0.4, 0.5) is 13.2 Å². The van der Waals surface area contributed by atoms with Crippen molar-refractivity contribution in [3.05, 3.63) is 29.3 Å². The fourth-order valence-corrected chi connectivity index (χ4v) is 3.57. The molecule has 3 rings (SSSR count). The zero-order chi connectivity index (χ0) is 18.2. The van der Waals surface area contributed by atoms with Gasteiger partial charge in [-0.15, -0.1) is 0 Å². The predicted molar refractivity (Wildman–Crippen MR) is 81.5 cm³/mol. The second-order valence-electron chi connectivity index (χ2n) is 6.77. The Morgan fingerprint density at radius 2 is 2.16 bits per heavy atom. The topological polar surface area (TPSA) is 70.0 Å². The van der Waals surface area contributed by atoms with E-state index in [0.717, 1.165) is 12.1 Å². The van der Waals surface area contributed by atoms with Crippen molar-refractivity contribution in [3.8, 4) is 5.75 Å². The first kappa shape index (κ1) is 18.0. The van der Waals surface area contributed by atoms with Crippen LogP contribution in [0.3, 0.4) is 0 Å². The van der Waals surface area contributed by atoms with Gasteiger partial charge in [0.2, 0.25) is 5.91 Å². The Kier molecular flexibility index (Phi) is 4.68. The summed E-state index contributed by atoms with van der Waals surface area (Å²) in [7, 11) is 0. The van der Waals surface area contributed by atoms with Gasteiger partial charge < -0.3 is 19.8 Å². The Morgan fingerprint density at radius 1 is 1.40 bits per heavy atom. The number of aliphatic hydroxyl groups excluding tert-OH is 1. The number of ether oxygens (including phenoxy) is 1. The van der Waals surface area contributed by atoms with Crippen LogP contribution in [0.1, 0.15) is 36.8 Å². The summed E-state index contributed by atoms with van der Waals surface area (Å²) in [6.07, 6.45) is -3.08. The molecule has 5 nitrogen and oxygen atoms in total. The Hall–Kier alpha value is -1.80. The first-order valence-electron chi connectivity index (χ1n) is 8.17. The lowest BCUT2D eigenvalue weighted by molar-refractivity contribution is -0.141. The minimum Gasteiger partial charge on any atom is -0.473 e. The zero-order valence-corrected chi connectivity index (χ0v) is 13.6. The van der Waals surface area contributed by atoms with E-state index in [0.29, 0.717) is 24.2 Å². The van der Waals surface area contributed by atoms with E-state index >= 15 is 0 Å². The molecule has 1 saturated carbocycles. The molecule has 0 bridgehead atoms. The van der Waals surface area contributed by atoms with Crippen molar-refractivity contribution < 1.29 is 32.9 Å². The maximum atomic E-state index is 12.8. The molecule has 138 valence electrons. The van der Waals surface area contributed by atoms with E-state index in [-0.39, 0.29) is 38.6 Å². The molecule has 2 N–H and O–H groups in total. The first-order chi connectivity index (χ1) is 11.7. The molecule has 1 aromatic carbocycles. The smallest absolute Gasteiger partial charge is 0.416 e. The highest BCUT2D eigenvalue weighted by Gasteiger charge is 2.42. The molecule has 1 aliphatic carbocycles. The van der Waals surface area contributed by atoms with E-state index < -0.39 is 23.3 Å². The third kappa shape index (κ3) is 3.74. The van der Waals surface area contributed by atoms with Crippen molar-refractivity contribution in [3.63, 3.8) is 0 Å². The summed E-state index contributed by atoms with van der Waals surface area (Å²) < 4.78 is 44.0. The van der Waals surface area contributed by atoms with Crippen LogP contribution in [0.15, 0.2) is 18.2 Å². The number of halogens is 3. The summed E-state index contributed by atoms with van der Waals surface area (Å²) in [5.41, 5.74) is -1.51. The van der Waals surface area contributed by atoms with Crippen molar-refractivity contribution in [2.24, 2.45) is 5.92 Å². The van der Waals surface area contributed by atoms with Crippen molar-refractivity contribution in [1.82, 2.24) is 4.90 Å². The summed E-state index contributed by atoms with van der Waals surface area (Å²) in [6.45, 7) is -0.128. The highest BCUT2D eigenvalue weighted by molar-refractivity contribution is 5.79. The van der Waals surface area contributed by atoms with Gasteiger partial charge >= 0.3 is 6.18 Å². The van der Waals surface area contributed by atoms with Gasteiger partial charge in [-0.25, -0.2) is 0 Å². The molecule has 2 atom stereocenters. The normalized spacial score (nSPS) is 26.3. The van der Waals surface area contributed by atoms with Gasteiger partial charge in [-0.3, -0.25) is 4.79 Å². The zero-order valence-electron chi connectivity index (χ0n) is 13.6. The van der Waals surface area contributed by atoms with Crippen molar-refractivity contribution >= 4 is 5.91 Å². The van der Waals surface area contributed by atoms with Crippen LogP contribution in [-0.4, -0.2) is 40.0 Å². The minimum absolute atomic E-state index is 0.0217. The first-order valence-corrected chi connectivity index (χ1v) is 8.17. The molecule has 8 heteroatoms. The third-order valence-corrected chi connectivity index (χ3v) is 4.95. The molecule has 2 aliphatic rings. The summed E-state index contributed by atoms with van der Waals surface area (Å²) in [5, 5.41) is 19.3. The molecule has 0 aromatic heterocycles. The van der Waals surface area contributed by atoms with E-state index in [1.165, 1.54) is 11.0 Å². The van der Waals surface area contributed by atoms with Crippen LogP contribution >= 0.6 is 0 Å². The fraction of sp³-hybridized carbons (Fsp3) is 0.588. The summed E-state index contributed by atoms with van der Waals surface area (Å²) in [4.78, 5) is 14.0. The van der Waals surface area contributed by atoms with Crippen LogP contribution in [0.5, 0.6) is 5.75 Å². The molecule has 25 heavy (non-hydrogen) atoms. The maximum absolute atomic E-state index is 12.8. The van der Waals surface area contributed by atoms with Gasteiger partial charge in [0.05, 0.1) is 17.7 Å². The number of nitrogens with zero attached hydrogens (tertiary/aromatic N) is 1. The van der Waals surface area contributed by atoms with E-state index in [2.05, 4.69) is 0 Å². The molecular weight excluding hydrogens is 339 g/mol. The van der Waals surface area contributed by atoms with E-state index in [4.69, 9.17) is 9.84 Å². The van der Waals surface area contributed by atoms with E-state index in [1.807, 2.05) is 0 Å². The van der Waals surface area contributed by atoms with Gasteiger partial charge in [0.1, 0.15) is 5.75 Å². The average molecular weight is 359 g/mol. The predicted octanol–water partition coefficient (Wildman–Crippen LogP) is 2.30. The lowest BCUT2D eigenvalue weighted by Crippen LogP contribution is -2.41. The van der Waals surface area contributed by atoms with Crippen molar-refractivity contribution in [2.75, 3.05) is 13.3 Å². The van der Waals surface area contributed by atoms with Crippen LogP contribution in [-0.2, 0) is 17.5 Å². The Labute approximate surface area is 143 Å². The monoisotopic (exact) mass is 359 g/mol. The number of alkyl halides is 3. The number of aliphatic hydroxyl groups is 2. The number of carbonyl (C=O) groups excluding carboxylic acids is 1. The molecule has 0 radical (unpaired) electrons. The van der Waals surface area contributed by atoms with Crippen molar-refractivity contribution in [2.45, 2.75) is 44.0 Å². The molecule has 1 fully saturated rings. The number of benzene rings is 1. The van der Waals surface area contributed by atoms with Crippen LogP contribution in [0.25, 0.3) is 0 Å². The average Bonchev–Trinajstić information content (AvgIpc) is 2.94. The Morgan fingerprint density at radius 3 is 2.84 bits per heavy atom. The van der Waals surface area contributed by atoms with Crippen LogP contribution in [0, 0.1) is 5.92 Å². The Balaban J connectivity index is 1.71. The summed E-state index contributed by atoms with van der Waals surface area (Å²) in [5.74, 6) is -0.301. The molecule has 1 aliphatic heterocycles. The largest absolute Gasteiger partial charge is 0.473 e. The van der Waals surface area contributed by atoms with Crippen LogP contribution < -0.4 is 4.74 Å². The van der Waals surface area contributed by atoms with Gasteiger partial charge in [-0.1, -0.05) is 0 Å². The summed E-state index contributed by atoms with van der Waals surface area (Å²) >= 11 is 0. The molecule has 0 spiro atoms. The van der Waals surface area contributed by atoms with E-state index in [9.17, 15) is 23.1 Å². The molecule has 2 unspecified atom stereocenters. The lowest BCUT2D eigenvalue weighted by atomic mass is 9.96. The van der Waals surface area contributed by atoms with Gasteiger partial charge in [0.25, 0.3) is 0 Å². The van der Waals surface area contributed by atoms with Gasteiger partial charge in [-0.05, 0) is 43.9 Å². The third-order valence-electron chi connectivity index (χ3n) is 4.95. The fourth-order valence-electron chi connectivity index (χ4n) is 3.57. The number of hydrogen-bond acceptors (Lipinski definition) is 4. The highest BCUT2D eigenvalue weighted by atomic mass is 19.4. The molecule has 1 aromatic rings. The minimum atomic E-state index is -4.45. The molecular formula is C17H20F3NO4. The second-order valence-corrected chi connectivity index (χ2v) is 6.77. The number of hydrogen-bond donors (Lipinski definition) is 2. The number of amides is 1. The molecule has 1 heterocycles. The van der Waals surface area contributed by atoms with Crippen molar-refractivity contribution in [1.29, 1.82) is 0 Å². The number of carbonyl (C=O) groups is 1. The van der Waals surface area contributed by atoms with Gasteiger partial charge in [0, 0.05) is 18.1 Å². The second kappa shape index (κ2) is 6.49. The highest BCUT2D eigenvalue weighted by Crippen LogP contribution is 2.39. The SMILES string of the molecule is O=C(C1CCC(O)(CCO)C1)N1COc2ccc(C(F)(F)F)cc2C1. The lowest BCUT2D eigenvalue weighted by Gasteiger charge is -2.31. The van der Waals surface area contributed by atoms with Gasteiger partial charge in [-0.2, -0.15) is 13.2 Å². The standard InChI is InChI=1S/C17H20F3NO4/c18-17(19,20)13-1-2-14-12(7-13)9-21(10-25-14)15(23)11-3-4-16(24,8-11)5-6-22/h1-2,7,11,22,24H,3-6,8-10H2. The maximum Gasteiger partial charge on any atom is 0.416 e. The van der Waals surface area contributed by atoms with Gasteiger partial charge in [0.15, 0.2) is 6.73 Å². The summed E-state index contributed by atoms with van der Waals surface area (Å²) in [6, 6.07) is 3.24. The number of fused-ring (bicyclic) bond motifs is 1. The Bertz CT molecular complexity index is 664. The quantitative estimate of drug-likeness (QED) is 0.869. The molecule has 1 amide bonds. The molecule has 0 saturated heterocycles. The van der Waals surface area contributed by atoms with E-state index in [1.54, 1.807) is 0 Å². The number of rotatable bonds is 3. The van der Waals surface area contributed by atoms with Crippen LogP contribution in [0.2, 0.25) is 0 Å².